The summed E-state index contributed by atoms with van der Waals surface area (Å²) in [6.07, 6.45) is 1.77. The van der Waals surface area contributed by atoms with Gasteiger partial charge in [-0.3, -0.25) is 4.79 Å². The molecule has 0 aliphatic heterocycles. The number of hydrogen-bond acceptors (Lipinski definition) is 2. The maximum atomic E-state index is 11.9. The van der Waals surface area contributed by atoms with Gasteiger partial charge < -0.3 is 9.88 Å². The van der Waals surface area contributed by atoms with Crippen LogP contribution in [0.15, 0.2) is 24.3 Å². The van der Waals surface area contributed by atoms with Crippen LogP contribution in [0.5, 0.6) is 0 Å². The molecule has 0 saturated carbocycles. The number of carbonyl (C=O) groups is 1. The summed E-state index contributed by atoms with van der Waals surface area (Å²) in [6.45, 7) is 10.8. The predicted molar refractivity (Wildman–Crippen MR) is 90.9 cm³/mol. The Balaban J connectivity index is 2.03. The Morgan fingerprint density at radius 1 is 1.27 bits per heavy atom. The maximum Gasteiger partial charge on any atom is 0.225 e. The molecule has 1 aromatic carbocycles. The molecule has 0 bridgehead atoms. The zero-order chi connectivity index (χ0) is 16.3. The molecule has 4 nitrogen and oxygen atoms in total. The van der Waals surface area contributed by atoms with E-state index in [1.165, 1.54) is 5.52 Å². The lowest BCUT2D eigenvalue weighted by Gasteiger charge is -2.17. The van der Waals surface area contributed by atoms with Crippen LogP contribution < -0.4 is 5.32 Å². The van der Waals surface area contributed by atoms with E-state index in [-0.39, 0.29) is 11.3 Å². The smallest absolute Gasteiger partial charge is 0.225 e. The van der Waals surface area contributed by atoms with Crippen molar-refractivity contribution in [2.45, 2.75) is 53.5 Å². The van der Waals surface area contributed by atoms with Gasteiger partial charge in [0.1, 0.15) is 5.82 Å². The summed E-state index contributed by atoms with van der Waals surface area (Å²) in [7, 11) is 0. The lowest BCUT2D eigenvalue weighted by Crippen LogP contribution is -2.35. The minimum Gasteiger partial charge on any atom is -0.356 e. The molecule has 2 rings (SSSR count). The normalized spacial score (nSPS) is 12.1. The number of fused-ring (bicyclic) bond motifs is 1. The van der Waals surface area contributed by atoms with Gasteiger partial charge in [0, 0.05) is 24.4 Å². The predicted octanol–water partition coefficient (Wildman–Crippen LogP) is 3.71. The van der Waals surface area contributed by atoms with Crippen LogP contribution in [-0.4, -0.2) is 22.0 Å². The molecule has 0 fully saturated rings. The lowest BCUT2D eigenvalue weighted by molar-refractivity contribution is -0.128. The van der Waals surface area contributed by atoms with Crippen molar-refractivity contribution in [2.24, 2.45) is 5.41 Å². The molecule has 0 atom stereocenters. The number of nitrogens with zero attached hydrogens (tertiary/aromatic N) is 2. The third kappa shape index (κ3) is 3.67. The molecule has 0 spiro atoms. The Morgan fingerprint density at radius 2 is 1.95 bits per heavy atom. The van der Waals surface area contributed by atoms with Gasteiger partial charge in [0.25, 0.3) is 0 Å². The molecule has 0 aliphatic carbocycles. The largest absolute Gasteiger partial charge is 0.356 e. The average molecular weight is 301 g/mol. The van der Waals surface area contributed by atoms with Crippen LogP contribution in [0.3, 0.4) is 0 Å². The van der Waals surface area contributed by atoms with Gasteiger partial charge in [0.15, 0.2) is 0 Å². The summed E-state index contributed by atoms with van der Waals surface area (Å²) in [5.41, 5.74) is 1.90. The summed E-state index contributed by atoms with van der Waals surface area (Å²) in [5.74, 6) is 1.20. The van der Waals surface area contributed by atoms with E-state index in [0.29, 0.717) is 12.6 Å². The third-order valence-electron chi connectivity index (χ3n) is 3.73. The molecule has 1 aromatic heterocycles. The highest BCUT2D eigenvalue weighted by Crippen LogP contribution is 2.21. The number of aromatic nitrogens is 2. The molecular weight excluding hydrogens is 274 g/mol. The summed E-state index contributed by atoms with van der Waals surface area (Å²) in [4.78, 5) is 16.6. The molecule has 0 saturated heterocycles. The topological polar surface area (TPSA) is 46.9 Å². The highest BCUT2D eigenvalue weighted by molar-refractivity contribution is 5.81. The van der Waals surface area contributed by atoms with Gasteiger partial charge in [0.2, 0.25) is 5.91 Å². The van der Waals surface area contributed by atoms with Crippen molar-refractivity contribution in [3.8, 4) is 0 Å². The van der Waals surface area contributed by atoms with Crippen LogP contribution in [0, 0.1) is 5.41 Å². The van der Waals surface area contributed by atoms with Crippen LogP contribution in [-0.2, 0) is 11.2 Å². The van der Waals surface area contributed by atoms with Crippen LogP contribution in [0.1, 0.15) is 52.9 Å². The van der Waals surface area contributed by atoms with E-state index in [1.54, 1.807) is 0 Å². The van der Waals surface area contributed by atoms with Gasteiger partial charge >= 0.3 is 0 Å². The van der Waals surface area contributed by atoms with E-state index in [4.69, 9.17) is 4.98 Å². The second-order valence-electron chi connectivity index (χ2n) is 7.09. The highest BCUT2D eigenvalue weighted by atomic mass is 16.2. The Bertz CT molecular complexity index is 650. The van der Waals surface area contributed by atoms with Gasteiger partial charge in [-0.2, -0.15) is 0 Å². The van der Waals surface area contributed by atoms with Crippen molar-refractivity contribution in [1.82, 2.24) is 14.9 Å². The van der Waals surface area contributed by atoms with E-state index in [0.717, 1.165) is 24.2 Å². The fourth-order valence-corrected chi connectivity index (χ4v) is 2.56. The van der Waals surface area contributed by atoms with Gasteiger partial charge in [-0.1, -0.05) is 32.9 Å². The number of nitrogens with one attached hydrogen (secondary N) is 1. The fourth-order valence-electron chi connectivity index (χ4n) is 2.56. The van der Waals surface area contributed by atoms with Crippen molar-refractivity contribution >= 4 is 16.9 Å². The minimum atomic E-state index is -0.328. The summed E-state index contributed by atoms with van der Waals surface area (Å²) >= 11 is 0. The van der Waals surface area contributed by atoms with Crippen molar-refractivity contribution < 1.29 is 4.79 Å². The number of benzene rings is 1. The molecule has 22 heavy (non-hydrogen) atoms. The standard InChI is InChI=1S/C18H27N3O/c1-13(2)21-15-10-7-6-9-14(15)20-16(21)11-8-12-19-17(22)18(3,4)5/h6-7,9-10,13H,8,11-12H2,1-5H3,(H,19,22). The molecule has 0 aliphatic rings. The average Bonchev–Trinajstić information content (AvgIpc) is 2.80. The van der Waals surface area contributed by atoms with E-state index in [9.17, 15) is 4.79 Å². The highest BCUT2D eigenvalue weighted by Gasteiger charge is 2.20. The zero-order valence-electron chi connectivity index (χ0n) is 14.3. The summed E-state index contributed by atoms with van der Waals surface area (Å²) < 4.78 is 2.29. The Kier molecular flexibility index (Phi) is 4.89. The maximum absolute atomic E-state index is 11.9. The van der Waals surface area contributed by atoms with Gasteiger partial charge in [-0.25, -0.2) is 4.98 Å². The number of amides is 1. The van der Waals surface area contributed by atoms with E-state index < -0.39 is 0 Å². The first-order valence-corrected chi connectivity index (χ1v) is 8.05. The van der Waals surface area contributed by atoms with Crippen LogP contribution in [0.2, 0.25) is 0 Å². The first kappa shape index (κ1) is 16.5. The third-order valence-corrected chi connectivity index (χ3v) is 3.73. The summed E-state index contributed by atoms with van der Waals surface area (Å²) in [6, 6.07) is 8.63. The van der Waals surface area contributed by atoms with Crippen molar-refractivity contribution in [2.75, 3.05) is 6.54 Å². The molecular formula is C18H27N3O. The Labute approximate surface area is 132 Å². The van der Waals surface area contributed by atoms with Crippen LogP contribution >= 0.6 is 0 Å². The molecule has 4 heteroatoms. The molecule has 1 heterocycles. The first-order chi connectivity index (χ1) is 10.3. The first-order valence-electron chi connectivity index (χ1n) is 8.05. The minimum absolute atomic E-state index is 0.102. The van der Waals surface area contributed by atoms with Gasteiger partial charge in [-0.05, 0) is 32.4 Å². The number of carbonyl (C=O) groups excluding carboxylic acids is 1. The van der Waals surface area contributed by atoms with Crippen molar-refractivity contribution in [1.29, 1.82) is 0 Å². The van der Waals surface area contributed by atoms with Crippen molar-refractivity contribution in [3.05, 3.63) is 30.1 Å². The molecule has 120 valence electrons. The number of imidazole rings is 1. The van der Waals surface area contributed by atoms with Crippen molar-refractivity contribution in [3.63, 3.8) is 0 Å². The molecule has 0 unspecified atom stereocenters. The summed E-state index contributed by atoms with van der Waals surface area (Å²) in [5, 5.41) is 3.00. The molecule has 1 N–H and O–H groups in total. The number of hydrogen-bond donors (Lipinski definition) is 1. The monoisotopic (exact) mass is 301 g/mol. The number of para-hydroxylation sites is 2. The molecule has 1 amide bonds. The van der Waals surface area contributed by atoms with Crippen LogP contribution in [0.4, 0.5) is 0 Å². The van der Waals surface area contributed by atoms with Crippen LogP contribution in [0.25, 0.3) is 11.0 Å². The van der Waals surface area contributed by atoms with E-state index in [1.807, 2.05) is 26.8 Å². The zero-order valence-corrected chi connectivity index (χ0v) is 14.3. The number of aryl methyl sites for hydroxylation is 1. The lowest BCUT2D eigenvalue weighted by atomic mass is 9.96. The van der Waals surface area contributed by atoms with E-state index in [2.05, 4.69) is 41.9 Å². The number of rotatable bonds is 5. The SMILES string of the molecule is CC(C)n1c(CCCNC(=O)C(C)(C)C)nc2ccccc21. The van der Waals surface area contributed by atoms with Gasteiger partial charge in [0.05, 0.1) is 11.0 Å². The Hall–Kier alpha value is -1.84. The van der Waals surface area contributed by atoms with Gasteiger partial charge in [-0.15, -0.1) is 0 Å². The van der Waals surface area contributed by atoms with E-state index >= 15 is 0 Å². The fraction of sp³-hybridized carbons (Fsp3) is 0.556. The second-order valence-corrected chi connectivity index (χ2v) is 7.09. The quantitative estimate of drug-likeness (QED) is 0.856. The molecule has 0 radical (unpaired) electrons. The Morgan fingerprint density at radius 3 is 2.59 bits per heavy atom. The molecule has 2 aromatic rings. The second kappa shape index (κ2) is 6.51.